The highest BCUT2D eigenvalue weighted by molar-refractivity contribution is 6.46. The lowest BCUT2D eigenvalue weighted by Crippen LogP contribution is -2.34. The minimum atomic E-state index is -0.856. The average Bonchev–Trinajstić information content (AvgIpc) is 2.94. The first-order valence-electron chi connectivity index (χ1n) is 12.4. The van der Waals surface area contributed by atoms with Gasteiger partial charge in [0, 0.05) is 16.7 Å². The molecule has 0 saturated heterocycles. The largest absolute Gasteiger partial charge is 0.805 e. The number of aromatic hydroxyl groups is 1. The number of nitrogens with zero attached hydrogens (tertiary/aromatic N) is 3. The van der Waals surface area contributed by atoms with E-state index in [1.807, 2.05) is 26.0 Å². The Bertz CT molecular complexity index is 1720. The quantitative estimate of drug-likeness (QED) is 0.132. The van der Waals surface area contributed by atoms with E-state index in [0.717, 1.165) is 5.56 Å². The topological polar surface area (TPSA) is 159 Å². The Balaban J connectivity index is 1.72. The van der Waals surface area contributed by atoms with E-state index in [1.54, 1.807) is 24.3 Å². The van der Waals surface area contributed by atoms with Crippen molar-refractivity contribution in [3.63, 3.8) is 0 Å². The molecule has 11 heteroatoms. The van der Waals surface area contributed by atoms with Gasteiger partial charge in [-0.25, -0.2) is 5.43 Å². The summed E-state index contributed by atoms with van der Waals surface area (Å²) < 4.78 is 0.832. The number of carbonyl (C=O) groups is 3. The molecular formula is C29H27N5O6. The molecule has 40 heavy (non-hydrogen) atoms. The average molecular weight is 542 g/mol. The summed E-state index contributed by atoms with van der Waals surface area (Å²) in [7, 11) is 0. The highest BCUT2D eigenvalue weighted by atomic mass is 16.5. The molecular weight excluding hydrogens is 514 g/mol. The molecule has 4 rings (SSSR count). The molecule has 0 atom stereocenters. The van der Waals surface area contributed by atoms with Crippen LogP contribution in [0.1, 0.15) is 58.3 Å². The van der Waals surface area contributed by atoms with Gasteiger partial charge < -0.3 is 20.4 Å². The van der Waals surface area contributed by atoms with Crippen molar-refractivity contribution in [2.75, 3.05) is 5.32 Å². The van der Waals surface area contributed by atoms with Gasteiger partial charge in [-0.2, -0.15) is 5.10 Å². The maximum absolute atomic E-state index is 13.4. The summed E-state index contributed by atoms with van der Waals surface area (Å²) in [6.07, 6.45) is -0.710. The van der Waals surface area contributed by atoms with Gasteiger partial charge >= 0.3 is 5.69 Å². The van der Waals surface area contributed by atoms with Crippen molar-refractivity contribution in [2.24, 2.45) is 5.10 Å². The highest BCUT2D eigenvalue weighted by Crippen LogP contribution is 2.24. The lowest BCUT2D eigenvalue weighted by molar-refractivity contribution is -0.468. The van der Waals surface area contributed by atoms with Crippen LogP contribution in [-0.2, 0) is 4.79 Å². The molecule has 0 aliphatic heterocycles. The molecule has 204 valence electrons. The molecule has 4 aromatic rings. The van der Waals surface area contributed by atoms with Crippen molar-refractivity contribution in [1.82, 2.24) is 10.2 Å². The van der Waals surface area contributed by atoms with E-state index in [2.05, 4.69) is 15.8 Å². The zero-order valence-electron chi connectivity index (χ0n) is 22.0. The molecule has 0 fully saturated rings. The van der Waals surface area contributed by atoms with Gasteiger partial charge in [0.15, 0.2) is 0 Å². The van der Waals surface area contributed by atoms with Crippen LogP contribution in [0.2, 0.25) is 0 Å². The van der Waals surface area contributed by atoms with Gasteiger partial charge in [0.1, 0.15) is 17.0 Å². The number of hydrogen-bond acceptors (Lipinski definition) is 7. The Labute approximate surface area is 229 Å². The molecule has 3 N–H and O–H groups in total. The van der Waals surface area contributed by atoms with Gasteiger partial charge in [-0.15, -0.1) is 0 Å². The standard InChI is InChI=1S/C29H27N5O6/c1-17(2)19-10-4-6-12-21(19)30-29(38)22(31-32-28(37)20-11-5-9-15-25(20)35)16-26(36)27-18(3)33(39)23-13-7-8-14-24(23)34(27)40/h4-15,17,35H,16H2,1-3H3,(H,30,38)(H,32,37)/b31-22-. The van der Waals surface area contributed by atoms with Crippen molar-refractivity contribution in [1.29, 1.82) is 0 Å². The van der Waals surface area contributed by atoms with Crippen LogP contribution in [-0.4, -0.2) is 33.1 Å². The molecule has 1 aromatic heterocycles. The predicted molar refractivity (Wildman–Crippen MR) is 150 cm³/mol. The number of hydrazone groups is 1. The third kappa shape index (κ3) is 5.58. The summed E-state index contributed by atoms with van der Waals surface area (Å²) in [5.74, 6) is -2.72. The number of amides is 2. The van der Waals surface area contributed by atoms with E-state index in [9.17, 15) is 29.6 Å². The summed E-state index contributed by atoms with van der Waals surface area (Å²) >= 11 is 0. The van der Waals surface area contributed by atoms with Crippen LogP contribution in [0.15, 0.2) is 77.9 Å². The lowest BCUT2D eigenvalue weighted by Gasteiger charge is -2.16. The molecule has 0 saturated carbocycles. The number of fused-ring (bicyclic) bond motifs is 1. The van der Waals surface area contributed by atoms with Crippen LogP contribution >= 0.6 is 0 Å². The lowest BCUT2D eigenvalue weighted by atomic mass is 10.0. The number of para-hydroxylation sites is 4. The number of benzene rings is 3. The molecule has 11 nitrogen and oxygen atoms in total. The van der Waals surface area contributed by atoms with Gasteiger partial charge in [-0.05, 0) is 42.7 Å². The molecule has 0 spiro atoms. The predicted octanol–water partition coefficient (Wildman–Crippen LogP) is 4.04. The zero-order valence-corrected chi connectivity index (χ0v) is 22.0. The monoisotopic (exact) mass is 541 g/mol. The fourth-order valence-electron chi connectivity index (χ4n) is 4.23. The molecule has 0 bridgehead atoms. The number of Topliss-reactive ketones (excluding diaryl/α,β-unsaturated/α-hetero) is 1. The first-order chi connectivity index (χ1) is 19.1. The van der Waals surface area contributed by atoms with Crippen molar-refractivity contribution in [3.05, 3.63) is 105 Å². The minimum absolute atomic E-state index is 0.0203. The molecule has 0 aliphatic carbocycles. The number of carbonyl (C=O) groups excluding carboxylic acids is 3. The van der Waals surface area contributed by atoms with Gasteiger partial charge in [0.2, 0.25) is 5.78 Å². The molecule has 0 radical (unpaired) electrons. The van der Waals surface area contributed by atoms with E-state index in [-0.39, 0.29) is 34.0 Å². The van der Waals surface area contributed by atoms with Crippen LogP contribution in [0, 0.1) is 17.0 Å². The number of anilines is 1. The van der Waals surface area contributed by atoms with Crippen LogP contribution in [0.5, 0.6) is 5.75 Å². The summed E-state index contributed by atoms with van der Waals surface area (Å²) in [5.41, 5.74) is 2.44. The molecule has 3 aromatic carbocycles. The third-order valence-corrected chi connectivity index (χ3v) is 6.30. The van der Waals surface area contributed by atoms with Gasteiger partial charge in [-0.1, -0.05) is 56.3 Å². The van der Waals surface area contributed by atoms with Crippen LogP contribution in [0.25, 0.3) is 11.0 Å². The summed E-state index contributed by atoms with van der Waals surface area (Å²) in [5, 5.41) is 29.4. The molecule has 0 aliphatic rings. The Kier molecular flexibility index (Phi) is 8.04. The van der Waals surface area contributed by atoms with E-state index >= 15 is 0 Å². The van der Waals surface area contributed by atoms with Gasteiger partial charge in [-0.3, -0.25) is 14.4 Å². The molecule has 1 heterocycles. The zero-order chi connectivity index (χ0) is 29.0. The number of phenols is 1. The maximum Gasteiger partial charge on any atom is 0.325 e. The van der Waals surface area contributed by atoms with Crippen LogP contribution in [0.3, 0.4) is 0 Å². The van der Waals surface area contributed by atoms with Crippen LogP contribution < -0.4 is 15.2 Å². The SMILES string of the molecule is Cc1c(C(=O)C/C(=N/NC(=O)c2ccccc2O)C(=O)Nc2ccccc2C(C)C)[n+](=O)c2ccccc2n1[O-]. The number of rotatable bonds is 8. The second kappa shape index (κ2) is 11.6. The van der Waals surface area contributed by atoms with Crippen molar-refractivity contribution >= 4 is 40.0 Å². The second-order valence-corrected chi connectivity index (χ2v) is 9.32. The fraction of sp³-hybridized carbons (Fsp3) is 0.172. The summed E-state index contributed by atoms with van der Waals surface area (Å²) in [6.45, 7) is 5.23. The Hall–Kier alpha value is -5.32. The first kappa shape index (κ1) is 27.7. The van der Waals surface area contributed by atoms with E-state index in [4.69, 9.17) is 0 Å². The smallest absolute Gasteiger partial charge is 0.325 e. The third-order valence-electron chi connectivity index (χ3n) is 6.30. The van der Waals surface area contributed by atoms with Gasteiger partial charge in [0.25, 0.3) is 17.3 Å². The van der Waals surface area contributed by atoms with E-state index in [0.29, 0.717) is 14.8 Å². The minimum Gasteiger partial charge on any atom is -0.805 e. The summed E-state index contributed by atoms with van der Waals surface area (Å²) in [4.78, 5) is 52.5. The molecule has 0 unspecified atom stereocenters. The number of hydrogen-bond donors (Lipinski definition) is 3. The van der Waals surface area contributed by atoms with E-state index in [1.165, 1.54) is 43.3 Å². The maximum atomic E-state index is 13.4. The first-order valence-corrected chi connectivity index (χ1v) is 12.4. The summed E-state index contributed by atoms with van der Waals surface area (Å²) in [6, 6.07) is 18.8. The number of aromatic nitrogens is 2. The highest BCUT2D eigenvalue weighted by Gasteiger charge is 2.30. The van der Waals surface area contributed by atoms with Crippen molar-refractivity contribution in [2.45, 2.75) is 33.1 Å². The van der Waals surface area contributed by atoms with E-state index < -0.39 is 35.4 Å². The Morgan fingerprint density at radius 3 is 2.38 bits per heavy atom. The Morgan fingerprint density at radius 1 is 1.00 bits per heavy atom. The van der Waals surface area contributed by atoms with Gasteiger partial charge in [0.05, 0.1) is 22.1 Å². The van der Waals surface area contributed by atoms with Crippen molar-refractivity contribution in [3.8, 4) is 5.75 Å². The number of nitrogens with one attached hydrogen (secondary N) is 2. The molecule has 2 amide bonds. The van der Waals surface area contributed by atoms with Crippen LogP contribution in [0.4, 0.5) is 5.69 Å². The second-order valence-electron chi connectivity index (χ2n) is 9.32. The fourth-order valence-corrected chi connectivity index (χ4v) is 4.23. The number of ketones is 1. The normalized spacial score (nSPS) is 11.4. The Morgan fingerprint density at radius 2 is 1.65 bits per heavy atom. The number of phenolic OH excluding ortho intramolecular Hbond substituents is 1. The van der Waals surface area contributed by atoms with Crippen molar-refractivity contribution < 1.29 is 23.9 Å².